The highest BCUT2D eigenvalue weighted by Gasteiger charge is 2.58. The van der Waals surface area contributed by atoms with E-state index >= 15 is 0 Å². The first kappa shape index (κ1) is 23.5. The van der Waals surface area contributed by atoms with Crippen molar-refractivity contribution in [2.75, 3.05) is 13.2 Å². The Morgan fingerprint density at radius 1 is 1.24 bits per heavy atom. The number of fused-ring (bicyclic) bond motifs is 4. The minimum Gasteiger partial charge on any atom is -0.396 e. The first-order valence-electron chi connectivity index (χ1n) is 11.3. The van der Waals surface area contributed by atoms with Gasteiger partial charge >= 0.3 is 6.18 Å². The van der Waals surface area contributed by atoms with E-state index in [4.69, 9.17) is 0 Å². The van der Waals surface area contributed by atoms with Crippen LogP contribution in [0.5, 0.6) is 0 Å². The molecule has 0 spiro atoms. The highest BCUT2D eigenvalue weighted by Crippen LogP contribution is 2.49. The van der Waals surface area contributed by atoms with E-state index in [1.165, 1.54) is 4.57 Å². The van der Waals surface area contributed by atoms with Gasteiger partial charge in [-0.05, 0) is 31.9 Å². The molecule has 3 aliphatic rings. The fourth-order valence-electron chi connectivity index (χ4n) is 5.72. The van der Waals surface area contributed by atoms with Crippen molar-refractivity contribution < 1.29 is 27.9 Å². The molecule has 3 heterocycles. The lowest BCUT2D eigenvalue weighted by Crippen LogP contribution is -2.50. The Balaban J connectivity index is 1.79. The zero-order valence-corrected chi connectivity index (χ0v) is 18.3. The Bertz CT molecular complexity index is 1010. The molecule has 33 heavy (non-hydrogen) atoms. The summed E-state index contributed by atoms with van der Waals surface area (Å²) in [6.45, 7) is -0.119. The summed E-state index contributed by atoms with van der Waals surface area (Å²) in [6, 6.07) is 1.70. The van der Waals surface area contributed by atoms with Gasteiger partial charge in [0.2, 0.25) is 11.8 Å². The number of halogens is 3. The summed E-state index contributed by atoms with van der Waals surface area (Å²) in [5, 5.41) is 12.1. The molecule has 2 amide bonds. The van der Waals surface area contributed by atoms with Crippen LogP contribution in [0.2, 0.25) is 0 Å². The predicted molar refractivity (Wildman–Crippen MR) is 114 cm³/mol. The van der Waals surface area contributed by atoms with Gasteiger partial charge in [-0.1, -0.05) is 25.0 Å². The number of aliphatic hydroxyl groups is 1. The standard InChI is InChI=1S/C23H28F3N3O4/c1-2-5-13-8-9-16-19-18(20(31)27-12-23(24,25)26)15(11-30)17(10-28(16)21(13)32)29(19)22(33)14-6-3-4-7-14/h2,5,8-9,14-15,17-19,30H,3-4,6-7,10-12H2,1H3,(H,27,31)/b5-2-/t15-,17-,18+,19+/m0/s1. The molecule has 2 bridgehead atoms. The normalized spacial score (nSPS) is 27.2. The second kappa shape index (κ2) is 8.96. The van der Waals surface area contributed by atoms with Crippen molar-refractivity contribution in [3.05, 3.63) is 39.8 Å². The molecule has 1 aromatic rings. The van der Waals surface area contributed by atoms with Gasteiger partial charge in [0.15, 0.2) is 0 Å². The van der Waals surface area contributed by atoms with Crippen LogP contribution in [-0.2, 0) is 16.1 Å². The number of amides is 2. The van der Waals surface area contributed by atoms with E-state index in [-0.39, 0.29) is 23.9 Å². The number of nitrogens with zero attached hydrogens (tertiary/aromatic N) is 2. The molecule has 2 N–H and O–H groups in total. The largest absolute Gasteiger partial charge is 0.405 e. The zero-order chi connectivity index (χ0) is 23.9. The van der Waals surface area contributed by atoms with Crippen molar-refractivity contribution in [1.82, 2.24) is 14.8 Å². The summed E-state index contributed by atoms with van der Waals surface area (Å²) >= 11 is 0. The third kappa shape index (κ3) is 4.20. The highest BCUT2D eigenvalue weighted by molar-refractivity contribution is 5.85. The summed E-state index contributed by atoms with van der Waals surface area (Å²) in [4.78, 5) is 41.2. The number of rotatable bonds is 5. The monoisotopic (exact) mass is 467 g/mol. The summed E-state index contributed by atoms with van der Waals surface area (Å²) in [5.41, 5.74) is 0.565. The maximum absolute atomic E-state index is 13.5. The van der Waals surface area contributed by atoms with Gasteiger partial charge in [-0.15, -0.1) is 0 Å². The SMILES string of the molecule is C/C=C\c1ccc2n(c1=O)C[C@H]1[C@H](CO)[C@@H](C(=O)NCC(F)(F)F)[C@@H]2N1C(=O)C1CCCC1. The molecule has 2 aliphatic heterocycles. The van der Waals surface area contributed by atoms with Crippen LogP contribution < -0.4 is 10.9 Å². The summed E-state index contributed by atoms with van der Waals surface area (Å²) in [6.07, 6.45) is 2.06. The van der Waals surface area contributed by atoms with Gasteiger partial charge < -0.3 is 19.9 Å². The molecule has 0 aromatic carbocycles. The lowest BCUT2D eigenvalue weighted by molar-refractivity contribution is -0.144. The lowest BCUT2D eigenvalue weighted by atomic mass is 9.86. The van der Waals surface area contributed by atoms with Crippen LogP contribution in [0, 0.1) is 17.8 Å². The smallest absolute Gasteiger partial charge is 0.396 e. The van der Waals surface area contributed by atoms with Crippen LogP contribution in [-0.4, -0.2) is 51.8 Å². The van der Waals surface area contributed by atoms with Crippen molar-refractivity contribution in [2.45, 2.75) is 57.4 Å². The average molecular weight is 467 g/mol. The van der Waals surface area contributed by atoms with E-state index in [1.54, 1.807) is 36.1 Å². The van der Waals surface area contributed by atoms with E-state index < -0.39 is 49.2 Å². The molecule has 1 aromatic heterocycles. The number of carbonyl (C=O) groups excluding carboxylic acids is 2. The summed E-state index contributed by atoms with van der Waals surface area (Å²) in [5.74, 6) is -3.11. The topological polar surface area (TPSA) is 91.6 Å². The second-order valence-corrected chi connectivity index (χ2v) is 9.07. The van der Waals surface area contributed by atoms with E-state index in [9.17, 15) is 32.7 Å². The number of carbonyl (C=O) groups is 2. The van der Waals surface area contributed by atoms with Gasteiger partial charge in [-0.3, -0.25) is 14.4 Å². The zero-order valence-electron chi connectivity index (χ0n) is 18.3. The number of nitrogens with one attached hydrogen (secondary N) is 1. The molecular weight excluding hydrogens is 439 g/mol. The predicted octanol–water partition coefficient (Wildman–Crippen LogP) is 2.24. The number of aliphatic hydroxyl groups excluding tert-OH is 1. The minimum absolute atomic E-state index is 0.0861. The van der Waals surface area contributed by atoms with Crippen LogP contribution in [0.3, 0.4) is 0 Å². The Hall–Kier alpha value is -2.62. The van der Waals surface area contributed by atoms with Crippen molar-refractivity contribution in [2.24, 2.45) is 17.8 Å². The molecule has 1 saturated heterocycles. The Morgan fingerprint density at radius 2 is 1.94 bits per heavy atom. The minimum atomic E-state index is -4.59. The molecule has 2 fully saturated rings. The van der Waals surface area contributed by atoms with Gasteiger partial charge in [-0.2, -0.15) is 13.2 Å². The molecular formula is C23H28F3N3O4. The first-order valence-corrected chi connectivity index (χ1v) is 11.3. The van der Waals surface area contributed by atoms with E-state index in [1.807, 2.05) is 5.32 Å². The van der Waals surface area contributed by atoms with Crippen molar-refractivity contribution >= 4 is 17.9 Å². The summed E-state index contributed by atoms with van der Waals surface area (Å²) < 4.78 is 39.9. The van der Waals surface area contributed by atoms with Gasteiger partial charge in [0.05, 0.1) is 18.0 Å². The quantitative estimate of drug-likeness (QED) is 0.695. The molecule has 10 heteroatoms. The van der Waals surface area contributed by atoms with Gasteiger partial charge in [-0.25, -0.2) is 0 Å². The number of aromatic nitrogens is 1. The van der Waals surface area contributed by atoms with Crippen molar-refractivity contribution in [3.8, 4) is 0 Å². The van der Waals surface area contributed by atoms with E-state index in [0.29, 0.717) is 11.3 Å². The third-order valence-electron chi connectivity index (χ3n) is 7.14. The van der Waals surface area contributed by atoms with Crippen molar-refractivity contribution in [1.29, 1.82) is 0 Å². The van der Waals surface area contributed by atoms with Gasteiger partial charge in [0, 0.05) is 36.2 Å². The number of allylic oxidation sites excluding steroid dienone is 1. The Kier molecular flexibility index (Phi) is 6.39. The maximum atomic E-state index is 13.5. The van der Waals surface area contributed by atoms with E-state index in [2.05, 4.69) is 0 Å². The highest BCUT2D eigenvalue weighted by atomic mass is 19.4. The second-order valence-electron chi connectivity index (χ2n) is 9.07. The molecule has 7 nitrogen and oxygen atoms in total. The van der Waals surface area contributed by atoms with Crippen LogP contribution in [0.1, 0.15) is 49.9 Å². The number of hydrogen-bond donors (Lipinski definition) is 2. The van der Waals surface area contributed by atoms with Crippen molar-refractivity contribution in [3.63, 3.8) is 0 Å². The summed E-state index contributed by atoms with van der Waals surface area (Å²) in [7, 11) is 0. The lowest BCUT2D eigenvalue weighted by Gasteiger charge is -2.39. The van der Waals surface area contributed by atoms with Crippen LogP contribution in [0.25, 0.3) is 6.08 Å². The van der Waals surface area contributed by atoms with E-state index in [0.717, 1.165) is 25.7 Å². The molecule has 4 atom stereocenters. The average Bonchev–Trinajstić information content (AvgIpc) is 3.38. The molecule has 0 radical (unpaired) electrons. The maximum Gasteiger partial charge on any atom is 0.405 e. The fourth-order valence-corrected chi connectivity index (χ4v) is 5.72. The molecule has 1 aliphatic carbocycles. The fraction of sp³-hybridized carbons (Fsp3) is 0.609. The Labute approximate surface area is 189 Å². The third-order valence-corrected chi connectivity index (χ3v) is 7.14. The van der Waals surface area contributed by atoms with Crippen LogP contribution in [0.4, 0.5) is 13.2 Å². The van der Waals surface area contributed by atoms with Gasteiger partial charge in [0.1, 0.15) is 6.54 Å². The Morgan fingerprint density at radius 3 is 2.55 bits per heavy atom. The van der Waals surface area contributed by atoms with Gasteiger partial charge in [0.25, 0.3) is 5.56 Å². The molecule has 0 unspecified atom stereocenters. The van der Waals surface area contributed by atoms with Crippen LogP contribution in [0.15, 0.2) is 23.0 Å². The first-order chi connectivity index (χ1) is 15.7. The number of alkyl halides is 3. The molecule has 1 saturated carbocycles. The number of pyridine rings is 1. The molecule has 4 rings (SSSR count). The van der Waals surface area contributed by atoms with Crippen LogP contribution >= 0.6 is 0 Å². The molecule has 180 valence electrons. The number of hydrogen-bond acceptors (Lipinski definition) is 4.